The molecule has 0 heterocycles. The molecule has 0 radical (unpaired) electrons. The quantitative estimate of drug-likeness (QED) is 0.469. The van der Waals surface area contributed by atoms with Crippen LogP contribution in [0.15, 0.2) is 72.8 Å². The number of hydrogen-bond donors (Lipinski definition) is 3. The van der Waals surface area contributed by atoms with E-state index in [2.05, 4.69) is 34.9 Å². The minimum atomic E-state index is -1.05. The van der Waals surface area contributed by atoms with Crippen molar-refractivity contribution in [3.8, 4) is 11.1 Å². The van der Waals surface area contributed by atoms with E-state index in [0.29, 0.717) is 24.9 Å². The normalized spacial score (nSPS) is 18.4. The number of nitrogens with one attached hydrogen (secondary N) is 2. The van der Waals surface area contributed by atoms with Crippen LogP contribution in [0, 0.1) is 5.92 Å². The number of ether oxygens (including phenoxy) is 1. The van der Waals surface area contributed by atoms with Gasteiger partial charge in [0.05, 0.1) is 5.56 Å². The average molecular weight is 471 g/mol. The van der Waals surface area contributed by atoms with E-state index in [1.807, 2.05) is 24.3 Å². The van der Waals surface area contributed by atoms with Gasteiger partial charge in [-0.1, -0.05) is 54.6 Å². The summed E-state index contributed by atoms with van der Waals surface area (Å²) in [6.45, 7) is 0.246. The topological polar surface area (TPSA) is 105 Å². The predicted octanol–water partition coefficient (Wildman–Crippen LogP) is 5.03. The lowest BCUT2D eigenvalue weighted by Gasteiger charge is -2.17. The molecular formula is C28H26N2O5. The van der Waals surface area contributed by atoms with E-state index in [0.717, 1.165) is 11.1 Å². The van der Waals surface area contributed by atoms with Crippen molar-refractivity contribution < 1.29 is 24.2 Å². The molecule has 2 aliphatic rings. The molecule has 0 spiro atoms. The molecule has 2 aliphatic carbocycles. The van der Waals surface area contributed by atoms with Crippen molar-refractivity contribution >= 4 is 23.7 Å². The van der Waals surface area contributed by atoms with Gasteiger partial charge in [0.1, 0.15) is 6.61 Å². The highest BCUT2D eigenvalue weighted by molar-refractivity contribution is 5.95. The van der Waals surface area contributed by atoms with Crippen LogP contribution in [0.3, 0.4) is 0 Å². The Morgan fingerprint density at radius 3 is 2.26 bits per heavy atom. The molecule has 178 valence electrons. The lowest BCUT2D eigenvalue weighted by atomic mass is 9.98. The summed E-state index contributed by atoms with van der Waals surface area (Å²) in [5.41, 5.74) is 5.23. The molecule has 2 amide bonds. The van der Waals surface area contributed by atoms with Gasteiger partial charge in [0.2, 0.25) is 5.91 Å². The number of fused-ring (bicyclic) bond motifs is 3. The number of rotatable bonds is 6. The predicted molar refractivity (Wildman–Crippen MR) is 131 cm³/mol. The zero-order chi connectivity index (χ0) is 24.4. The maximum absolute atomic E-state index is 12.7. The largest absolute Gasteiger partial charge is 0.478 e. The maximum atomic E-state index is 12.7. The molecule has 0 aliphatic heterocycles. The van der Waals surface area contributed by atoms with Gasteiger partial charge in [0.15, 0.2) is 0 Å². The Labute approximate surface area is 203 Å². The average Bonchev–Trinajstić information content (AvgIpc) is 3.46. The summed E-state index contributed by atoms with van der Waals surface area (Å²) in [6.07, 6.45) is 1.34. The smallest absolute Gasteiger partial charge is 0.407 e. The minimum Gasteiger partial charge on any atom is -0.478 e. The van der Waals surface area contributed by atoms with Crippen molar-refractivity contribution in [1.29, 1.82) is 0 Å². The van der Waals surface area contributed by atoms with Crippen LogP contribution >= 0.6 is 0 Å². The number of aromatic carboxylic acids is 1. The zero-order valence-electron chi connectivity index (χ0n) is 19.1. The monoisotopic (exact) mass is 470 g/mol. The molecule has 2 atom stereocenters. The van der Waals surface area contributed by atoms with Gasteiger partial charge in [-0.3, -0.25) is 4.79 Å². The summed E-state index contributed by atoms with van der Waals surface area (Å²) >= 11 is 0. The minimum absolute atomic E-state index is 0.00294. The highest BCUT2D eigenvalue weighted by atomic mass is 16.5. The first kappa shape index (κ1) is 22.7. The Morgan fingerprint density at radius 2 is 1.57 bits per heavy atom. The van der Waals surface area contributed by atoms with Crippen molar-refractivity contribution in [1.82, 2.24) is 5.32 Å². The summed E-state index contributed by atoms with van der Waals surface area (Å²) in [4.78, 5) is 36.4. The first-order valence-corrected chi connectivity index (χ1v) is 11.8. The van der Waals surface area contributed by atoms with Crippen LogP contribution < -0.4 is 10.6 Å². The SMILES string of the molecule is O=C(NC1CCC(C(=O)Nc2cccc(C(=O)O)c2)C1)OCC1c2ccccc2-c2ccccc21. The van der Waals surface area contributed by atoms with E-state index in [9.17, 15) is 14.4 Å². The van der Waals surface area contributed by atoms with E-state index < -0.39 is 12.1 Å². The second kappa shape index (κ2) is 9.62. The second-order valence-electron chi connectivity index (χ2n) is 9.05. The number of amides is 2. The lowest BCUT2D eigenvalue weighted by molar-refractivity contribution is -0.119. The van der Waals surface area contributed by atoms with Crippen LogP contribution in [0.4, 0.5) is 10.5 Å². The molecule has 0 saturated heterocycles. The molecule has 0 aromatic heterocycles. The van der Waals surface area contributed by atoms with E-state index in [-0.39, 0.29) is 36.0 Å². The fourth-order valence-electron chi connectivity index (χ4n) is 5.13. The molecule has 3 aromatic carbocycles. The molecule has 5 rings (SSSR count). The molecule has 1 saturated carbocycles. The van der Waals surface area contributed by atoms with Gasteiger partial charge in [-0.2, -0.15) is 0 Å². The molecule has 0 bridgehead atoms. The third-order valence-corrected chi connectivity index (χ3v) is 6.85. The van der Waals surface area contributed by atoms with E-state index >= 15 is 0 Å². The van der Waals surface area contributed by atoms with Crippen LogP contribution in [0.2, 0.25) is 0 Å². The first-order valence-electron chi connectivity index (χ1n) is 11.8. The van der Waals surface area contributed by atoms with Crippen molar-refractivity contribution in [2.24, 2.45) is 5.92 Å². The summed E-state index contributed by atoms with van der Waals surface area (Å²) in [5, 5.41) is 14.8. The second-order valence-corrected chi connectivity index (χ2v) is 9.05. The van der Waals surface area contributed by atoms with Gasteiger partial charge >= 0.3 is 12.1 Å². The molecule has 7 heteroatoms. The van der Waals surface area contributed by atoms with Crippen LogP contribution in [-0.2, 0) is 9.53 Å². The lowest BCUT2D eigenvalue weighted by Crippen LogP contribution is -2.35. The van der Waals surface area contributed by atoms with E-state index in [1.54, 1.807) is 12.1 Å². The summed E-state index contributed by atoms with van der Waals surface area (Å²) in [6, 6.07) is 22.4. The van der Waals surface area contributed by atoms with Gasteiger partial charge in [-0.05, 0) is 59.7 Å². The Morgan fingerprint density at radius 1 is 0.886 bits per heavy atom. The molecule has 3 N–H and O–H groups in total. The fraction of sp³-hybridized carbons (Fsp3) is 0.250. The van der Waals surface area contributed by atoms with Gasteiger partial charge in [0, 0.05) is 23.6 Å². The van der Waals surface area contributed by atoms with Crippen LogP contribution in [0.1, 0.15) is 46.7 Å². The van der Waals surface area contributed by atoms with Crippen LogP contribution in [0.5, 0.6) is 0 Å². The Bertz CT molecular complexity index is 1240. The highest BCUT2D eigenvalue weighted by Crippen LogP contribution is 2.44. The molecule has 7 nitrogen and oxygen atoms in total. The summed E-state index contributed by atoms with van der Waals surface area (Å²) < 4.78 is 5.62. The Kier molecular flexibility index (Phi) is 6.23. The molecule has 1 fully saturated rings. The Balaban J connectivity index is 1.14. The van der Waals surface area contributed by atoms with Gasteiger partial charge in [0.25, 0.3) is 0 Å². The van der Waals surface area contributed by atoms with Crippen LogP contribution in [-0.4, -0.2) is 35.7 Å². The van der Waals surface area contributed by atoms with Crippen molar-refractivity contribution in [3.05, 3.63) is 89.5 Å². The highest BCUT2D eigenvalue weighted by Gasteiger charge is 2.32. The zero-order valence-corrected chi connectivity index (χ0v) is 19.1. The van der Waals surface area contributed by atoms with E-state index in [4.69, 9.17) is 9.84 Å². The number of carbonyl (C=O) groups is 3. The molecule has 2 unspecified atom stereocenters. The number of benzene rings is 3. The molecular weight excluding hydrogens is 444 g/mol. The first-order chi connectivity index (χ1) is 17.0. The summed E-state index contributed by atoms with van der Waals surface area (Å²) in [7, 11) is 0. The van der Waals surface area contributed by atoms with Crippen molar-refractivity contribution in [2.45, 2.75) is 31.2 Å². The van der Waals surface area contributed by atoms with Gasteiger partial charge in [-0.25, -0.2) is 9.59 Å². The van der Waals surface area contributed by atoms with Crippen molar-refractivity contribution in [3.63, 3.8) is 0 Å². The number of hydrogen-bond acceptors (Lipinski definition) is 4. The number of carboxylic acids is 1. The number of alkyl carbamates (subject to hydrolysis) is 1. The Hall–Kier alpha value is -4.13. The van der Waals surface area contributed by atoms with Gasteiger partial charge in [-0.15, -0.1) is 0 Å². The van der Waals surface area contributed by atoms with Crippen LogP contribution in [0.25, 0.3) is 11.1 Å². The standard InChI is InChI=1S/C28H26N2O5/c31-26(29-19-7-5-6-18(15-19)27(32)33)17-12-13-20(14-17)30-28(34)35-16-25-23-10-3-1-8-21(23)22-9-2-4-11-24(22)25/h1-11,15,17,20,25H,12-14,16H2,(H,29,31)(H,30,34)(H,32,33). The fourth-order valence-corrected chi connectivity index (χ4v) is 5.13. The number of anilines is 1. The third-order valence-electron chi connectivity index (χ3n) is 6.85. The molecule has 3 aromatic rings. The van der Waals surface area contributed by atoms with E-state index in [1.165, 1.54) is 23.3 Å². The van der Waals surface area contributed by atoms with Crippen molar-refractivity contribution in [2.75, 3.05) is 11.9 Å². The third kappa shape index (κ3) is 4.75. The number of carboxylic acid groups (broad SMARTS) is 1. The maximum Gasteiger partial charge on any atom is 0.407 e. The summed E-state index contributed by atoms with van der Waals surface area (Å²) in [5.74, 6) is -1.49. The van der Waals surface area contributed by atoms with Gasteiger partial charge < -0.3 is 20.5 Å². The number of carbonyl (C=O) groups excluding carboxylic acids is 2. The molecule has 35 heavy (non-hydrogen) atoms.